The number of anilines is 2. The number of likely N-dealkylation sites (N-methyl/N-ethyl adjacent to an activating group) is 1. The summed E-state index contributed by atoms with van der Waals surface area (Å²) in [6, 6.07) is 17.4. The van der Waals surface area contributed by atoms with Crippen LogP contribution in [-0.4, -0.2) is 138 Å². The number of esters is 1. The van der Waals surface area contributed by atoms with Crippen molar-refractivity contribution in [3.63, 3.8) is 0 Å². The van der Waals surface area contributed by atoms with Crippen molar-refractivity contribution in [2.75, 3.05) is 71.5 Å². The van der Waals surface area contributed by atoms with Gasteiger partial charge in [0.05, 0.1) is 57.5 Å². The van der Waals surface area contributed by atoms with E-state index in [1.54, 1.807) is 62.7 Å². The number of urea groups is 1. The number of hydrogen-bond acceptors (Lipinski definition) is 12. The number of ether oxygens (including phenoxy) is 4. The fraction of sp³-hybridized carbons (Fsp3) is 0.510. The van der Waals surface area contributed by atoms with Crippen LogP contribution in [-0.2, 0) is 59.4 Å². The molecule has 0 radical (unpaired) electrons. The van der Waals surface area contributed by atoms with Gasteiger partial charge in [-0.3, -0.25) is 19.2 Å². The first-order valence-electron chi connectivity index (χ1n) is 22.4. The Morgan fingerprint density at radius 1 is 0.824 bits per heavy atom. The van der Waals surface area contributed by atoms with Gasteiger partial charge in [0.25, 0.3) is 0 Å². The normalized spacial score (nSPS) is 15.6. The average Bonchev–Trinajstić information content (AvgIpc) is 3.74. The third-order valence-electron chi connectivity index (χ3n) is 11.2. The molecule has 1 aliphatic heterocycles. The number of aryl methyl sites for hydroxylation is 1. The molecular formula is C49H70N6O12S. The van der Waals surface area contributed by atoms with Gasteiger partial charge in [0.2, 0.25) is 27.7 Å². The number of carbonyl (C=O) groups excluding carboxylic acids is 6. The molecule has 1 heterocycles. The number of sulfonamides is 1. The van der Waals surface area contributed by atoms with E-state index in [9.17, 15) is 37.2 Å². The van der Waals surface area contributed by atoms with Crippen LogP contribution in [0.2, 0.25) is 0 Å². The summed E-state index contributed by atoms with van der Waals surface area (Å²) in [5, 5.41) is 11.1. The van der Waals surface area contributed by atoms with Gasteiger partial charge in [0.15, 0.2) is 5.78 Å². The number of nitrogens with zero attached hydrogens (tertiary/aromatic N) is 2. The molecule has 0 saturated carbocycles. The highest BCUT2D eigenvalue weighted by molar-refractivity contribution is 7.89. The fourth-order valence-electron chi connectivity index (χ4n) is 7.51. The van der Waals surface area contributed by atoms with E-state index < -0.39 is 58.0 Å². The lowest BCUT2D eigenvalue weighted by atomic mass is 9.95. The van der Waals surface area contributed by atoms with Crippen molar-refractivity contribution in [2.24, 2.45) is 5.92 Å². The van der Waals surface area contributed by atoms with Crippen LogP contribution in [0.3, 0.4) is 0 Å². The summed E-state index contributed by atoms with van der Waals surface area (Å²) in [6.07, 6.45) is 0.403. The summed E-state index contributed by atoms with van der Waals surface area (Å²) in [4.78, 5) is 81.3. The number of rotatable bonds is 27. The molecule has 4 rings (SSSR count). The first-order valence-corrected chi connectivity index (χ1v) is 23.9. The van der Waals surface area contributed by atoms with E-state index in [0.717, 1.165) is 17.0 Å². The second-order valence-electron chi connectivity index (χ2n) is 16.7. The van der Waals surface area contributed by atoms with Crippen molar-refractivity contribution < 1.29 is 56.1 Å². The highest BCUT2D eigenvalue weighted by atomic mass is 32.2. The Morgan fingerprint density at radius 3 is 2.12 bits per heavy atom. The molecule has 0 aliphatic carbocycles. The van der Waals surface area contributed by atoms with Crippen molar-refractivity contribution in [2.45, 2.75) is 102 Å². The zero-order valence-corrected chi connectivity index (χ0v) is 40.1. The van der Waals surface area contributed by atoms with Gasteiger partial charge in [0.1, 0.15) is 12.1 Å². The van der Waals surface area contributed by atoms with Gasteiger partial charge < -0.3 is 45.1 Å². The Kier molecular flexibility index (Phi) is 23.8. The fourth-order valence-corrected chi connectivity index (χ4v) is 9.17. The smallest absolute Gasteiger partial charge is 0.328 e. The van der Waals surface area contributed by atoms with Crippen molar-refractivity contribution in [1.82, 2.24) is 19.8 Å². The molecule has 5 amide bonds. The van der Waals surface area contributed by atoms with E-state index in [4.69, 9.17) is 18.9 Å². The van der Waals surface area contributed by atoms with E-state index >= 15 is 0 Å². The third-order valence-corrected chi connectivity index (χ3v) is 13.0. The molecule has 4 N–H and O–H groups in total. The number of amides is 5. The van der Waals surface area contributed by atoms with Crippen molar-refractivity contribution in [3.8, 4) is 0 Å². The lowest BCUT2D eigenvalue weighted by Gasteiger charge is -2.29. The molecule has 19 heteroatoms. The minimum atomic E-state index is -4.23. The molecule has 1 fully saturated rings. The molecule has 18 nitrogen and oxygen atoms in total. The molecular weight excluding hydrogens is 897 g/mol. The topological polar surface area (TPSA) is 228 Å². The number of carbonyl (C=O) groups is 6. The van der Waals surface area contributed by atoms with Gasteiger partial charge in [-0.2, -0.15) is 4.31 Å². The molecule has 0 unspecified atom stereocenters. The Hall–Kier alpha value is -5.73. The lowest BCUT2D eigenvalue weighted by molar-refractivity contribution is -0.145. The van der Waals surface area contributed by atoms with Crippen LogP contribution in [0.15, 0.2) is 83.8 Å². The van der Waals surface area contributed by atoms with Crippen molar-refractivity contribution >= 4 is 56.9 Å². The number of methoxy groups -OCH3 is 2. The standard InChI is InChI=1S/C48H66N6O12S.CH4/c1-33(2)29-41(53(4)45(57)30-35-19-21-36(22-20-35)50-48(60)52-39-16-11-10-13-34(39)3)43(55)18-12-17-40(47(59)64-6)51-46(58)42-31-37(32-54(42)67(61,62)38-14-8-7-9-15-38)49-44(56)23-24-65-27-28-66-26-25-63-5;/h7-11,13-16,19-22,33,37,40-42H,12,17-18,23-32H2,1-6H3,(H,49,56)(H,51,58)(H2,50,52,60);1H4/t37-,40+,41+,42+;/m1./s1. The Balaban J connectivity index is 0.0000122. The Morgan fingerprint density at radius 2 is 1.47 bits per heavy atom. The summed E-state index contributed by atoms with van der Waals surface area (Å²) in [6.45, 7) is 7.14. The van der Waals surface area contributed by atoms with E-state index in [1.807, 2.05) is 39.0 Å². The van der Waals surface area contributed by atoms with Crippen LogP contribution >= 0.6 is 0 Å². The van der Waals surface area contributed by atoms with Crippen LogP contribution in [0.4, 0.5) is 16.2 Å². The zero-order valence-electron chi connectivity index (χ0n) is 39.3. The van der Waals surface area contributed by atoms with Gasteiger partial charge in [-0.1, -0.05) is 69.8 Å². The van der Waals surface area contributed by atoms with Crippen LogP contribution in [0, 0.1) is 12.8 Å². The van der Waals surface area contributed by atoms with E-state index in [2.05, 4.69) is 21.3 Å². The van der Waals surface area contributed by atoms with E-state index in [1.165, 1.54) is 17.0 Å². The van der Waals surface area contributed by atoms with Crippen LogP contribution in [0.5, 0.6) is 0 Å². The minimum Gasteiger partial charge on any atom is -0.467 e. The van der Waals surface area contributed by atoms with Gasteiger partial charge in [0, 0.05) is 51.0 Å². The van der Waals surface area contributed by atoms with Gasteiger partial charge in [-0.25, -0.2) is 18.0 Å². The highest BCUT2D eigenvalue weighted by Gasteiger charge is 2.45. The number of ketones is 1. The molecule has 0 bridgehead atoms. The second kappa shape index (κ2) is 28.6. The monoisotopic (exact) mass is 966 g/mol. The maximum absolute atomic E-state index is 14.0. The summed E-state index contributed by atoms with van der Waals surface area (Å²) in [7, 11) is 0.0739. The molecule has 3 aromatic rings. The number of benzene rings is 3. The quantitative estimate of drug-likeness (QED) is 0.0578. The number of nitrogens with one attached hydrogen (secondary N) is 4. The van der Waals surface area contributed by atoms with E-state index in [0.29, 0.717) is 43.2 Å². The largest absolute Gasteiger partial charge is 0.467 e. The molecule has 3 aromatic carbocycles. The number of hydrogen-bond donors (Lipinski definition) is 4. The first kappa shape index (κ1) is 56.6. The molecule has 1 aliphatic rings. The third kappa shape index (κ3) is 17.7. The lowest BCUT2D eigenvalue weighted by Crippen LogP contribution is -2.51. The first-order chi connectivity index (χ1) is 32.0. The predicted molar refractivity (Wildman–Crippen MR) is 258 cm³/mol. The Bertz CT molecular complexity index is 2210. The summed E-state index contributed by atoms with van der Waals surface area (Å²) in [5.41, 5.74) is 2.82. The summed E-state index contributed by atoms with van der Waals surface area (Å²) in [5.74, 6) is -2.41. The molecule has 0 spiro atoms. The van der Waals surface area contributed by atoms with Gasteiger partial charge in [-0.15, -0.1) is 0 Å². The highest BCUT2D eigenvalue weighted by Crippen LogP contribution is 2.27. The minimum absolute atomic E-state index is 0. The van der Waals surface area contributed by atoms with Crippen LogP contribution in [0.25, 0.3) is 0 Å². The predicted octanol–water partition coefficient (Wildman–Crippen LogP) is 5.11. The van der Waals surface area contributed by atoms with Gasteiger partial charge >= 0.3 is 12.0 Å². The molecule has 68 heavy (non-hydrogen) atoms. The Labute approximate surface area is 401 Å². The SMILES string of the molecule is C.COCCOCCOCCC(=O)N[C@@H]1C[C@@H](C(=O)N[C@@H](CCCC(=O)[C@H](CC(C)C)N(C)C(=O)Cc2ccc(NC(=O)Nc3ccccc3C)cc2)C(=O)OC)N(S(=O)(=O)c2ccccc2)C1. The van der Waals surface area contributed by atoms with Gasteiger partial charge in [-0.05, 0) is 80.0 Å². The molecule has 0 aromatic heterocycles. The van der Waals surface area contributed by atoms with Crippen molar-refractivity contribution in [3.05, 3.63) is 90.0 Å². The molecule has 374 valence electrons. The molecule has 1 saturated heterocycles. The van der Waals surface area contributed by atoms with E-state index in [-0.39, 0.29) is 88.2 Å². The van der Waals surface area contributed by atoms with Crippen LogP contribution < -0.4 is 21.3 Å². The average molecular weight is 967 g/mol. The second-order valence-corrected chi connectivity index (χ2v) is 18.6. The summed E-state index contributed by atoms with van der Waals surface area (Å²) >= 11 is 0. The van der Waals surface area contributed by atoms with Crippen LogP contribution in [0.1, 0.15) is 70.9 Å². The molecule has 4 atom stereocenters. The number of Topliss-reactive ketones (excluding diaryl/α,β-unsaturated/α-hetero) is 1. The maximum Gasteiger partial charge on any atom is 0.328 e. The maximum atomic E-state index is 14.0. The summed E-state index contributed by atoms with van der Waals surface area (Å²) < 4.78 is 49.6. The number of para-hydroxylation sites is 1. The van der Waals surface area contributed by atoms with Crippen molar-refractivity contribution in [1.29, 1.82) is 0 Å². The zero-order chi connectivity index (χ0) is 48.9.